The van der Waals surface area contributed by atoms with Crippen LogP contribution in [0.2, 0.25) is 0 Å². The molecule has 1 aliphatic rings. The van der Waals surface area contributed by atoms with Crippen molar-refractivity contribution in [1.29, 1.82) is 0 Å². The van der Waals surface area contributed by atoms with E-state index < -0.39 is 15.6 Å². The van der Waals surface area contributed by atoms with E-state index in [9.17, 15) is 17.2 Å². The second-order valence-corrected chi connectivity index (χ2v) is 7.04. The Bertz CT molecular complexity index is 560. The summed E-state index contributed by atoms with van der Waals surface area (Å²) in [4.78, 5) is 1.76. The smallest absolute Gasteiger partial charge is 0.341 e. The van der Waals surface area contributed by atoms with Crippen LogP contribution in [0.5, 0.6) is 0 Å². The molecule has 1 aromatic carbocycles. The normalized spacial score (nSPS) is 24.1. The molecular weight excluding hydrogens is 286 g/mol. The summed E-state index contributed by atoms with van der Waals surface area (Å²) in [6.45, 7) is 2.83. The number of benzene rings is 1. The molecule has 1 saturated heterocycles. The first-order chi connectivity index (χ1) is 9.32. The summed E-state index contributed by atoms with van der Waals surface area (Å²) in [5.41, 5.74) is 6.72. The summed E-state index contributed by atoms with van der Waals surface area (Å²) in [5.74, 6) is -3.39. The van der Waals surface area contributed by atoms with Crippen molar-refractivity contribution in [3.63, 3.8) is 0 Å². The Labute approximate surface area is 117 Å². The quantitative estimate of drug-likeness (QED) is 0.927. The Morgan fingerprint density at radius 3 is 2.40 bits per heavy atom. The lowest BCUT2D eigenvalue weighted by Crippen LogP contribution is -2.45. The van der Waals surface area contributed by atoms with Crippen molar-refractivity contribution in [3.05, 3.63) is 24.3 Å². The zero-order valence-corrected chi connectivity index (χ0v) is 12.0. The average Bonchev–Trinajstić information content (AvgIpc) is 2.38. The van der Waals surface area contributed by atoms with Crippen molar-refractivity contribution in [1.82, 2.24) is 0 Å². The number of sulfone groups is 1. The summed E-state index contributed by atoms with van der Waals surface area (Å²) < 4.78 is 47.6. The van der Waals surface area contributed by atoms with Gasteiger partial charge in [0.2, 0.25) is 9.84 Å². The van der Waals surface area contributed by atoms with Crippen LogP contribution in [0.15, 0.2) is 29.2 Å². The van der Waals surface area contributed by atoms with Crippen molar-refractivity contribution >= 4 is 15.5 Å². The first-order valence-corrected chi connectivity index (χ1v) is 8.01. The summed E-state index contributed by atoms with van der Waals surface area (Å²) in [5, 5.41) is 0. The lowest BCUT2D eigenvalue weighted by Gasteiger charge is -2.38. The van der Waals surface area contributed by atoms with Gasteiger partial charge in [0.1, 0.15) is 0 Å². The number of nitrogens with two attached hydrogens (primary N) is 1. The van der Waals surface area contributed by atoms with Crippen molar-refractivity contribution in [2.24, 2.45) is 5.73 Å². The fourth-order valence-electron chi connectivity index (χ4n) is 2.52. The largest absolute Gasteiger partial charge is 0.369 e. The summed E-state index contributed by atoms with van der Waals surface area (Å²) in [6, 6.07) is 6.04. The van der Waals surface area contributed by atoms with E-state index in [1.54, 1.807) is 12.1 Å². The molecule has 20 heavy (non-hydrogen) atoms. The van der Waals surface area contributed by atoms with Gasteiger partial charge in [-0.05, 0) is 44.0 Å². The number of rotatable bonds is 3. The molecule has 0 spiro atoms. The van der Waals surface area contributed by atoms with Gasteiger partial charge in [-0.1, -0.05) is 0 Å². The van der Waals surface area contributed by atoms with Crippen LogP contribution in [0.1, 0.15) is 19.8 Å². The Morgan fingerprint density at radius 2 is 1.90 bits per heavy atom. The van der Waals surface area contributed by atoms with Crippen LogP contribution in [0.3, 0.4) is 0 Å². The maximum Gasteiger partial charge on any atom is 0.341 e. The van der Waals surface area contributed by atoms with Crippen LogP contribution in [-0.2, 0) is 9.84 Å². The molecule has 2 atom stereocenters. The lowest BCUT2D eigenvalue weighted by atomic mass is 9.98. The van der Waals surface area contributed by atoms with E-state index >= 15 is 0 Å². The number of nitrogens with zero attached hydrogens (tertiary/aromatic N) is 1. The van der Waals surface area contributed by atoms with Gasteiger partial charge in [-0.3, -0.25) is 0 Å². The Hall–Kier alpha value is -1.21. The minimum atomic E-state index is -4.52. The molecule has 0 amide bonds. The highest BCUT2D eigenvalue weighted by Crippen LogP contribution is 2.26. The van der Waals surface area contributed by atoms with E-state index in [4.69, 9.17) is 5.73 Å². The third kappa shape index (κ3) is 2.93. The van der Waals surface area contributed by atoms with E-state index in [0.29, 0.717) is 0 Å². The molecule has 0 aliphatic carbocycles. The number of hydrogen-bond donors (Lipinski definition) is 1. The molecule has 4 nitrogen and oxygen atoms in total. The van der Waals surface area contributed by atoms with Crippen LogP contribution in [-0.4, -0.2) is 32.8 Å². The number of alkyl halides is 2. The highest BCUT2D eigenvalue weighted by atomic mass is 32.2. The number of piperidine rings is 1. The van der Waals surface area contributed by atoms with Crippen LogP contribution < -0.4 is 10.6 Å². The minimum Gasteiger partial charge on any atom is -0.369 e. The molecular formula is C13H18F2N2O2S. The van der Waals surface area contributed by atoms with Crippen molar-refractivity contribution in [2.45, 2.75) is 42.5 Å². The lowest BCUT2D eigenvalue weighted by molar-refractivity contribution is 0.234. The summed E-state index contributed by atoms with van der Waals surface area (Å²) >= 11 is 0. The minimum absolute atomic E-state index is 0.180. The molecule has 0 aromatic heterocycles. The second-order valence-electron chi connectivity index (χ2n) is 5.13. The molecule has 0 radical (unpaired) electrons. The number of halogens is 2. The van der Waals surface area contributed by atoms with E-state index in [1.807, 2.05) is 6.92 Å². The maximum atomic E-state index is 12.4. The van der Waals surface area contributed by atoms with Crippen molar-refractivity contribution in [3.8, 4) is 0 Å². The van der Waals surface area contributed by atoms with E-state index in [0.717, 1.165) is 25.1 Å². The third-order valence-corrected chi connectivity index (χ3v) is 5.05. The van der Waals surface area contributed by atoms with Gasteiger partial charge < -0.3 is 10.6 Å². The van der Waals surface area contributed by atoms with E-state index in [2.05, 4.69) is 4.90 Å². The van der Waals surface area contributed by atoms with Crippen molar-refractivity contribution in [2.75, 3.05) is 11.4 Å². The zero-order chi connectivity index (χ0) is 14.9. The molecule has 7 heteroatoms. The average molecular weight is 304 g/mol. The molecule has 0 saturated carbocycles. The van der Waals surface area contributed by atoms with Gasteiger partial charge in [0.05, 0.1) is 4.90 Å². The second kappa shape index (κ2) is 5.65. The van der Waals surface area contributed by atoms with Crippen LogP contribution in [0.4, 0.5) is 14.5 Å². The van der Waals surface area contributed by atoms with Gasteiger partial charge in [0, 0.05) is 24.3 Å². The van der Waals surface area contributed by atoms with Crippen LogP contribution in [0.25, 0.3) is 0 Å². The van der Waals surface area contributed by atoms with Gasteiger partial charge in [0.15, 0.2) is 0 Å². The van der Waals surface area contributed by atoms with Gasteiger partial charge in [-0.2, -0.15) is 8.78 Å². The van der Waals surface area contributed by atoms with Crippen LogP contribution in [0, 0.1) is 0 Å². The molecule has 2 unspecified atom stereocenters. The van der Waals surface area contributed by atoms with Crippen LogP contribution >= 0.6 is 0 Å². The first kappa shape index (κ1) is 15.2. The highest BCUT2D eigenvalue weighted by Gasteiger charge is 2.27. The van der Waals surface area contributed by atoms with Gasteiger partial charge in [-0.25, -0.2) is 8.42 Å². The Morgan fingerprint density at radius 1 is 1.30 bits per heavy atom. The highest BCUT2D eigenvalue weighted by molar-refractivity contribution is 7.91. The number of hydrogen-bond acceptors (Lipinski definition) is 4. The monoisotopic (exact) mass is 304 g/mol. The standard InChI is InChI=1S/C13H18F2N2O2S/c1-9-8-10(16)6-7-17(9)11-2-4-12(5-3-11)20(18,19)13(14)15/h2-5,9-10,13H,6-8,16H2,1H3. The van der Waals surface area contributed by atoms with Crippen molar-refractivity contribution < 1.29 is 17.2 Å². The molecule has 2 N–H and O–H groups in total. The topological polar surface area (TPSA) is 63.4 Å². The van der Waals surface area contributed by atoms with E-state index in [-0.39, 0.29) is 17.0 Å². The predicted octanol–water partition coefficient (Wildman–Crippen LogP) is 2.00. The zero-order valence-electron chi connectivity index (χ0n) is 11.2. The molecule has 1 aliphatic heterocycles. The first-order valence-electron chi connectivity index (χ1n) is 6.46. The van der Waals surface area contributed by atoms with Gasteiger partial charge in [-0.15, -0.1) is 0 Å². The Balaban J connectivity index is 2.21. The molecule has 0 bridgehead atoms. The predicted molar refractivity (Wildman–Crippen MR) is 73.6 cm³/mol. The number of anilines is 1. The summed E-state index contributed by atoms with van der Waals surface area (Å²) in [7, 11) is -4.52. The maximum absolute atomic E-state index is 12.4. The van der Waals surface area contributed by atoms with Gasteiger partial charge in [0.25, 0.3) is 0 Å². The van der Waals surface area contributed by atoms with Gasteiger partial charge >= 0.3 is 5.76 Å². The summed E-state index contributed by atoms with van der Waals surface area (Å²) in [6.07, 6.45) is 1.72. The third-order valence-electron chi connectivity index (χ3n) is 3.65. The fourth-order valence-corrected chi connectivity index (χ4v) is 3.24. The SMILES string of the molecule is CC1CC(N)CCN1c1ccc(S(=O)(=O)C(F)F)cc1. The molecule has 112 valence electrons. The Kier molecular flexibility index (Phi) is 4.29. The molecule has 1 heterocycles. The molecule has 1 fully saturated rings. The fraction of sp³-hybridized carbons (Fsp3) is 0.538. The van der Waals surface area contributed by atoms with E-state index in [1.165, 1.54) is 12.1 Å². The molecule has 2 rings (SSSR count). The molecule has 1 aromatic rings.